The van der Waals surface area contributed by atoms with Gasteiger partial charge in [-0.1, -0.05) is 66.2 Å². The van der Waals surface area contributed by atoms with Gasteiger partial charge in [0.2, 0.25) is 0 Å². The van der Waals surface area contributed by atoms with Crippen LogP contribution in [0.4, 0.5) is 4.79 Å². The number of hydrogen-bond acceptors (Lipinski definition) is 3. The maximum Gasteiger partial charge on any atom is 0.329 e. The molecule has 1 N–H and O–H groups in total. The predicted octanol–water partition coefficient (Wildman–Crippen LogP) is 5.01. The molecule has 1 aliphatic heterocycles. The zero-order chi connectivity index (χ0) is 20.9. The highest BCUT2D eigenvalue weighted by Gasteiger charge is 2.33. The minimum absolute atomic E-state index is 0.186. The molecule has 150 valence electrons. The number of hydrogen-bond donors (Lipinski definition) is 1. The molecule has 0 radical (unpaired) electrons. The maximum atomic E-state index is 12.6. The smallest absolute Gasteiger partial charge is 0.329 e. The number of nitrogens with one attached hydrogen (secondary N) is 1. The maximum absolute atomic E-state index is 12.6. The van der Waals surface area contributed by atoms with Gasteiger partial charge in [-0.25, -0.2) is 4.79 Å². The van der Waals surface area contributed by atoms with Crippen molar-refractivity contribution < 1.29 is 14.3 Å². The van der Waals surface area contributed by atoms with Gasteiger partial charge in [-0.3, -0.25) is 9.69 Å². The van der Waals surface area contributed by atoms with Crippen LogP contribution in [0.15, 0.2) is 84.6 Å². The molecular formula is C24H19ClN2O3. The lowest BCUT2D eigenvalue weighted by Crippen LogP contribution is -2.30. The minimum atomic E-state index is -0.441. The average Bonchev–Trinajstić information content (AvgIpc) is 3.03. The fourth-order valence-electron chi connectivity index (χ4n) is 3.06. The van der Waals surface area contributed by atoms with Gasteiger partial charge in [-0.2, -0.15) is 0 Å². The molecule has 0 atom stereocenters. The van der Waals surface area contributed by atoms with Crippen LogP contribution in [-0.2, 0) is 17.9 Å². The highest BCUT2D eigenvalue weighted by molar-refractivity contribution is 6.30. The summed E-state index contributed by atoms with van der Waals surface area (Å²) in [7, 11) is 0. The molecule has 5 nitrogen and oxygen atoms in total. The van der Waals surface area contributed by atoms with Crippen molar-refractivity contribution >= 4 is 29.6 Å². The first-order valence-corrected chi connectivity index (χ1v) is 9.82. The Balaban J connectivity index is 1.41. The van der Waals surface area contributed by atoms with Crippen LogP contribution in [0.2, 0.25) is 5.02 Å². The zero-order valence-corrected chi connectivity index (χ0v) is 16.8. The summed E-state index contributed by atoms with van der Waals surface area (Å²) < 4.78 is 5.77. The van der Waals surface area contributed by atoms with Gasteiger partial charge >= 0.3 is 6.03 Å². The summed E-state index contributed by atoms with van der Waals surface area (Å²) in [6.07, 6.45) is 1.66. The number of rotatable bonds is 6. The number of nitrogens with zero attached hydrogens (tertiary/aromatic N) is 1. The molecule has 4 rings (SSSR count). The lowest BCUT2D eigenvalue weighted by molar-refractivity contribution is -0.123. The third kappa shape index (κ3) is 4.70. The Morgan fingerprint density at radius 1 is 0.867 bits per heavy atom. The number of carbonyl (C=O) groups excluding carboxylic acids is 2. The minimum Gasteiger partial charge on any atom is -0.489 e. The molecule has 0 aromatic heterocycles. The predicted molar refractivity (Wildman–Crippen MR) is 116 cm³/mol. The molecule has 3 aromatic carbocycles. The van der Waals surface area contributed by atoms with E-state index in [-0.39, 0.29) is 18.1 Å². The molecule has 0 aliphatic carbocycles. The van der Waals surface area contributed by atoms with Gasteiger partial charge in [0.05, 0.1) is 6.54 Å². The Hall–Kier alpha value is -3.57. The van der Waals surface area contributed by atoms with Crippen molar-refractivity contribution in [1.82, 2.24) is 10.2 Å². The summed E-state index contributed by atoms with van der Waals surface area (Å²) in [5.41, 5.74) is 2.94. The Morgan fingerprint density at radius 2 is 1.57 bits per heavy atom. The second-order valence-corrected chi connectivity index (χ2v) is 7.29. The quantitative estimate of drug-likeness (QED) is 0.452. The largest absolute Gasteiger partial charge is 0.489 e. The van der Waals surface area contributed by atoms with E-state index >= 15 is 0 Å². The molecule has 0 saturated carbocycles. The molecule has 1 heterocycles. The first-order chi connectivity index (χ1) is 14.6. The molecule has 0 spiro atoms. The number of carbonyl (C=O) groups is 2. The second kappa shape index (κ2) is 8.84. The van der Waals surface area contributed by atoms with E-state index in [4.69, 9.17) is 16.3 Å². The van der Waals surface area contributed by atoms with Crippen LogP contribution in [0, 0.1) is 0 Å². The number of urea groups is 1. The Labute approximate surface area is 179 Å². The van der Waals surface area contributed by atoms with Gasteiger partial charge in [0.15, 0.2) is 0 Å². The van der Waals surface area contributed by atoms with Crippen molar-refractivity contribution in [2.45, 2.75) is 13.2 Å². The van der Waals surface area contributed by atoms with Gasteiger partial charge in [0.25, 0.3) is 5.91 Å². The molecule has 1 saturated heterocycles. The van der Waals surface area contributed by atoms with E-state index in [0.29, 0.717) is 11.6 Å². The molecule has 6 heteroatoms. The number of halogens is 1. The van der Waals surface area contributed by atoms with Crippen molar-refractivity contribution in [3.63, 3.8) is 0 Å². The van der Waals surface area contributed by atoms with E-state index in [1.165, 1.54) is 4.90 Å². The highest BCUT2D eigenvalue weighted by atomic mass is 35.5. The van der Waals surface area contributed by atoms with Crippen LogP contribution in [0.3, 0.4) is 0 Å². The first-order valence-electron chi connectivity index (χ1n) is 9.44. The topological polar surface area (TPSA) is 58.6 Å². The molecule has 1 fully saturated rings. The molecule has 0 unspecified atom stereocenters. The average molecular weight is 419 g/mol. The van der Waals surface area contributed by atoms with E-state index in [9.17, 15) is 9.59 Å². The summed E-state index contributed by atoms with van der Waals surface area (Å²) in [6, 6.07) is 23.9. The molecular weight excluding hydrogens is 400 g/mol. The zero-order valence-electron chi connectivity index (χ0n) is 16.0. The first kappa shape index (κ1) is 19.7. The SMILES string of the molecule is O=C1NC(=Cc2ccc(OCc3ccccc3)cc2)C(=O)N1Cc1ccc(Cl)cc1. The van der Waals surface area contributed by atoms with Crippen molar-refractivity contribution in [3.8, 4) is 5.75 Å². The third-order valence-electron chi connectivity index (χ3n) is 4.66. The highest BCUT2D eigenvalue weighted by Crippen LogP contribution is 2.20. The van der Waals surface area contributed by atoms with Crippen molar-refractivity contribution in [2.75, 3.05) is 0 Å². The van der Waals surface area contributed by atoms with Crippen LogP contribution in [0.25, 0.3) is 6.08 Å². The molecule has 3 aromatic rings. The van der Waals surface area contributed by atoms with Gasteiger partial charge in [0, 0.05) is 5.02 Å². The van der Waals surface area contributed by atoms with Gasteiger partial charge in [-0.05, 0) is 47.0 Å². The number of ether oxygens (including phenoxy) is 1. The van der Waals surface area contributed by atoms with E-state index in [0.717, 1.165) is 22.4 Å². The second-order valence-electron chi connectivity index (χ2n) is 6.85. The Kier molecular flexibility index (Phi) is 5.82. The van der Waals surface area contributed by atoms with Crippen molar-refractivity contribution in [1.29, 1.82) is 0 Å². The van der Waals surface area contributed by atoms with Crippen molar-refractivity contribution in [2.24, 2.45) is 0 Å². The van der Waals surface area contributed by atoms with E-state index in [2.05, 4.69) is 5.32 Å². The van der Waals surface area contributed by atoms with Crippen LogP contribution in [0.5, 0.6) is 5.75 Å². The molecule has 1 aliphatic rings. The van der Waals surface area contributed by atoms with Crippen LogP contribution in [-0.4, -0.2) is 16.8 Å². The summed E-state index contributed by atoms with van der Waals surface area (Å²) in [5.74, 6) is 0.367. The lowest BCUT2D eigenvalue weighted by atomic mass is 10.1. The van der Waals surface area contributed by atoms with E-state index < -0.39 is 6.03 Å². The third-order valence-corrected chi connectivity index (χ3v) is 4.91. The molecule has 3 amide bonds. The summed E-state index contributed by atoms with van der Waals surface area (Å²) in [6.45, 7) is 0.668. The summed E-state index contributed by atoms with van der Waals surface area (Å²) >= 11 is 5.88. The Bertz CT molecular complexity index is 1080. The summed E-state index contributed by atoms with van der Waals surface area (Å²) in [5, 5.41) is 3.24. The van der Waals surface area contributed by atoms with Crippen LogP contribution >= 0.6 is 11.6 Å². The fraction of sp³-hybridized carbons (Fsp3) is 0.0833. The monoisotopic (exact) mass is 418 g/mol. The molecule has 0 bridgehead atoms. The van der Waals surface area contributed by atoms with Crippen LogP contribution < -0.4 is 10.1 Å². The summed E-state index contributed by atoms with van der Waals surface area (Å²) in [4.78, 5) is 26.1. The fourth-order valence-corrected chi connectivity index (χ4v) is 3.18. The van der Waals surface area contributed by atoms with Gasteiger partial charge in [-0.15, -0.1) is 0 Å². The normalized spacial score (nSPS) is 14.8. The molecule has 30 heavy (non-hydrogen) atoms. The van der Waals surface area contributed by atoms with E-state index in [1.54, 1.807) is 30.3 Å². The van der Waals surface area contributed by atoms with Crippen LogP contribution in [0.1, 0.15) is 16.7 Å². The van der Waals surface area contributed by atoms with Gasteiger partial charge < -0.3 is 10.1 Å². The lowest BCUT2D eigenvalue weighted by Gasteiger charge is -2.11. The van der Waals surface area contributed by atoms with Gasteiger partial charge in [0.1, 0.15) is 18.1 Å². The Morgan fingerprint density at radius 3 is 2.27 bits per heavy atom. The van der Waals surface area contributed by atoms with Crippen molar-refractivity contribution in [3.05, 3.63) is 106 Å². The van der Waals surface area contributed by atoms with E-state index in [1.807, 2.05) is 54.6 Å². The number of imide groups is 1. The standard InChI is InChI=1S/C24H19ClN2O3/c25-20-10-6-18(7-11-20)15-27-23(28)22(26-24(27)29)14-17-8-12-21(13-9-17)30-16-19-4-2-1-3-5-19/h1-14H,15-16H2,(H,26,29). The number of amides is 3. The number of benzene rings is 3.